The van der Waals surface area contributed by atoms with E-state index >= 15 is 0 Å². The Hall–Kier alpha value is -2.75. The third-order valence-corrected chi connectivity index (χ3v) is 5.33. The van der Waals surface area contributed by atoms with Gasteiger partial charge in [0, 0.05) is 21.2 Å². The average Bonchev–Trinajstić information content (AvgIpc) is 2.74. The maximum atomic E-state index is 13.3. The molecule has 0 saturated heterocycles. The van der Waals surface area contributed by atoms with Gasteiger partial charge in [-0.2, -0.15) is 0 Å². The van der Waals surface area contributed by atoms with Crippen LogP contribution in [0.15, 0.2) is 75.9 Å². The number of hydrogen-bond acceptors (Lipinski definition) is 3. The number of fused-ring (bicyclic) bond motifs is 1. The fraction of sp³-hybridized carbons (Fsp3) is 0.125. The van der Waals surface area contributed by atoms with Gasteiger partial charge in [-0.15, -0.1) is 0 Å². The Balaban J connectivity index is 1.85. The predicted octanol–water partition coefficient (Wildman–Crippen LogP) is 6.91. The summed E-state index contributed by atoms with van der Waals surface area (Å²) >= 11 is 12.2. The highest BCUT2D eigenvalue weighted by atomic mass is 35.5. The smallest absolute Gasteiger partial charge is 0.235 e. The summed E-state index contributed by atoms with van der Waals surface area (Å²) in [6.45, 7) is 2.17. The van der Waals surface area contributed by atoms with Crippen LogP contribution in [0.25, 0.3) is 22.3 Å². The summed E-state index contributed by atoms with van der Waals surface area (Å²) in [7, 11) is 0. The van der Waals surface area contributed by atoms with Crippen molar-refractivity contribution in [3.8, 4) is 17.1 Å². The number of aryl methyl sites for hydroxylation is 1. The first-order valence-electron chi connectivity index (χ1n) is 9.28. The van der Waals surface area contributed by atoms with Crippen LogP contribution < -0.4 is 10.2 Å². The van der Waals surface area contributed by atoms with Crippen molar-refractivity contribution >= 4 is 34.2 Å². The third kappa shape index (κ3) is 4.02. The highest BCUT2D eigenvalue weighted by Gasteiger charge is 2.18. The van der Waals surface area contributed by atoms with Gasteiger partial charge in [0.25, 0.3) is 0 Å². The number of rotatable bonds is 5. The summed E-state index contributed by atoms with van der Waals surface area (Å²) in [5, 5.41) is 1.53. The fourth-order valence-corrected chi connectivity index (χ4v) is 3.61. The highest BCUT2D eigenvalue weighted by Crippen LogP contribution is 2.32. The fourth-order valence-electron chi connectivity index (χ4n) is 3.14. The molecule has 1 heterocycles. The first kappa shape index (κ1) is 19.6. The van der Waals surface area contributed by atoms with E-state index in [0.717, 1.165) is 23.1 Å². The summed E-state index contributed by atoms with van der Waals surface area (Å²) < 4.78 is 12.1. The largest absolute Gasteiger partial charge is 0.481 e. The molecule has 0 radical (unpaired) electrons. The first-order chi connectivity index (χ1) is 14.1. The van der Waals surface area contributed by atoms with Crippen molar-refractivity contribution < 1.29 is 9.15 Å². The van der Waals surface area contributed by atoms with E-state index in [2.05, 4.69) is 0 Å². The van der Waals surface area contributed by atoms with Crippen LogP contribution in [0.1, 0.15) is 18.1 Å². The van der Waals surface area contributed by atoms with Gasteiger partial charge in [0.15, 0.2) is 5.76 Å². The maximum Gasteiger partial charge on any atom is 0.235 e. The van der Waals surface area contributed by atoms with E-state index < -0.39 is 0 Å². The SMILES string of the molecule is CCc1ccc2oc(-c3ccccc3)c(OCc3ccc(Cl)cc3Cl)c(=O)c2c1. The Bertz CT molecular complexity index is 1230. The molecule has 0 aliphatic rings. The lowest BCUT2D eigenvalue weighted by Crippen LogP contribution is -2.10. The van der Waals surface area contributed by atoms with Gasteiger partial charge in [0.2, 0.25) is 11.2 Å². The molecule has 146 valence electrons. The van der Waals surface area contributed by atoms with Crippen molar-refractivity contribution in [1.82, 2.24) is 0 Å². The minimum atomic E-state index is -0.203. The van der Waals surface area contributed by atoms with E-state index in [1.54, 1.807) is 18.2 Å². The molecule has 4 aromatic rings. The molecule has 5 heteroatoms. The quantitative estimate of drug-likeness (QED) is 0.349. The lowest BCUT2D eigenvalue weighted by atomic mass is 10.1. The number of benzene rings is 3. The molecule has 0 fully saturated rings. The predicted molar refractivity (Wildman–Crippen MR) is 118 cm³/mol. The van der Waals surface area contributed by atoms with Gasteiger partial charge < -0.3 is 9.15 Å². The Kier molecular flexibility index (Phi) is 5.61. The van der Waals surface area contributed by atoms with Crippen LogP contribution in [0, 0.1) is 0 Å². The average molecular weight is 425 g/mol. The topological polar surface area (TPSA) is 39.4 Å². The van der Waals surface area contributed by atoms with Crippen molar-refractivity contribution in [2.75, 3.05) is 0 Å². The van der Waals surface area contributed by atoms with Gasteiger partial charge >= 0.3 is 0 Å². The molecule has 0 aliphatic carbocycles. The Morgan fingerprint density at radius 2 is 1.76 bits per heavy atom. The molecular formula is C24H18Cl2O3. The lowest BCUT2D eigenvalue weighted by molar-refractivity contribution is 0.298. The molecule has 1 aromatic heterocycles. The third-order valence-electron chi connectivity index (χ3n) is 4.74. The van der Waals surface area contributed by atoms with Gasteiger partial charge in [-0.25, -0.2) is 0 Å². The van der Waals surface area contributed by atoms with Crippen LogP contribution >= 0.6 is 23.2 Å². The second kappa shape index (κ2) is 8.32. The molecule has 3 nitrogen and oxygen atoms in total. The van der Waals surface area contributed by atoms with Gasteiger partial charge in [-0.3, -0.25) is 4.79 Å². The van der Waals surface area contributed by atoms with Crippen molar-refractivity contribution in [3.63, 3.8) is 0 Å². The molecule has 4 rings (SSSR count). The van der Waals surface area contributed by atoms with Gasteiger partial charge in [0.1, 0.15) is 12.2 Å². The minimum absolute atomic E-state index is 0.125. The summed E-state index contributed by atoms with van der Waals surface area (Å²) in [5.41, 5.74) is 2.89. The molecule has 0 unspecified atom stereocenters. The van der Waals surface area contributed by atoms with E-state index in [9.17, 15) is 4.79 Å². The minimum Gasteiger partial charge on any atom is -0.481 e. The molecule has 0 amide bonds. The summed E-state index contributed by atoms with van der Waals surface area (Å²) in [6.07, 6.45) is 0.826. The van der Waals surface area contributed by atoms with E-state index in [-0.39, 0.29) is 17.8 Å². The summed E-state index contributed by atoms with van der Waals surface area (Å²) in [5.74, 6) is 0.570. The van der Waals surface area contributed by atoms with Crippen molar-refractivity contribution in [2.24, 2.45) is 0 Å². The second-order valence-electron chi connectivity index (χ2n) is 6.66. The van der Waals surface area contributed by atoms with Crippen molar-refractivity contribution in [3.05, 3.63) is 98.1 Å². The molecule has 3 aromatic carbocycles. The van der Waals surface area contributed by atoms with Crippen LogP contribution in [0.3, 0.4) is 0 Å². The van der Waals surface area contributed by atoms with Gasteiger partial charge in [-0.1, -0.05) is 72.6 Å². The van der Waals surface area contributed by atoms with Gasteiger partial charge in [0.05, 0.1) is 5.39 Å². The molecule has 0 aliphatic heterocycles. The maximum absolute atomic E-state index is 13.3. The molecule has 0 N–H and O–H groups in total. The Morgan fingerprint density at radius 1 is 0.966 bits per heavy atom. The Labute approximate surface area is 178 Å². The van der Waals surface area contributed by atoms with E-state index in [1.165, 1.54) is 0 Å². The van der Waals surface area contributed by atoms with Crippen LogP contribution in [-0.2, 0) is 13.0 Å². The lowest BCUT2D eigenvalue weighted by Gasteiger charge is -2.13. The normalized spacial score (nSPS) is 11.0. The second-order valence-corrected chi connectivity index (χ2v) is 7.51. The molecule has 0 saturated carbocycles. The molecule has 0 atom stereocenters. The number of halogens is 2. The van der Waals surface area contributed by atoms with E-state index in [0.29, 0.717) is 26.8 Å². The molecule has 0 spiro atoms. The van der Waals surface area contributed by atoms with Crippen molar-refractivity contribution in [2.45, 2.75) is 20.0 Å². The van der Waals surface area contributed by atoms with Crippen LogP contribution in [0.4, 0.5) is 0 Å². The standard InChI is InChI=1S/C24H18Cl2O3/c1-2-15-8-11-21-19(12-15)22(27)24(23(29-21)16-6-4-3-5-7-16)28-14-17-9-10-18(25)13-20(17)26/h3-13H,2,14H2,1H3. The van der Waals surface area contributed by atoms with Gasteiger partial charge in [-0.05, 0) is 36.2 Å². The molecule has 0 bridgehead atoms. The zero-order valence-electron chi connectivity index (χ0n) is 15.7. The summed E-state index contributed by atoms with van der Waals surface area (Å²) in [6, 6.07) is 20.3. The molecular weight excluding hydrogens is 407 g/mol. The van der Waals surface area contributed by atoms with Crippen molar-refractivity contribution in [1.29, 1.82) is 0 Å². The Morgan fingerprint density at radius 3 is 2.48 bits per heavy atom. The highest BCUT2D eigenvalue weighted by molar-refractivity contribution is 6.35. The zero-order chi connectivity index (χ0) is 20.4. The number of ether oxygens (including phenoxy) is 1. The van der Waals surface area contributed by atoms with Crippen LogP contribution in [0.5, 0.6) is 5.75 Å². The van der Waals surface area contributed by atoms with Crippen LogP contribution in [0.2, 0.25) is 10.0 Å². The van der Waals surface area contributed by atoms with E-state index in [4.69, 9.17) is 32.4 Å². The molecule has 29 heavy (non-hydrogen) atoms. The number of hydrogen-bond donors (Lipinski definition) is 0. The van der Waals surface area contributed by atoms with Crippen LogP contribution in [-0.4, -0.2) is 0 Å². The van der Waals surface area contributed by atoms with E-state index in [1.807, 2.05) is 55.5 Å². The zero-order valence-corrected chi connectivity index (χ0v) is 17.3. The first-order valence-corrected chi connectivity index (χ1v) is 10.0. The summed E-state index contributed by atoms with van der Waals surface area (Å²) in [4.78, 5) is 13.3. The monoisotopic (exact) mass is 424 g/mol.